The lowest BCUT2D eigenvalue weighted by atomic mass is 10.1. The van der Waals surface area contributed by atoms with Crippen LogP contribution in [0.1, 0.15) is 9.67 Å². The largest absolute Gasteiger partial charge is 0.494 e. The molecule has 2 aromatic heterocycles. The maximum atomic E-state index is 11.0. The molecule has 0 radical (unpaired) electrons. The van der Waals surface area contributed by atoms with Crippen molar-refractivity contribution in [1.29, 1.82) is 0 Å². The van der Waals surface area contributed by atoms with Gasteiger partial charge < -0.3 is 14.4 Å². The van der Waals surface area contributed by atoms with Gasteiger partial charge in [-0.3, -0.25) is 0 Å². The van der Waals surface area contributed by atoms with Gasteiger partial charge >= 0.3 is 5.97 Å². The SMILES string of the molecule is COc1cc2sc(C(=O)O)cc2c2ccn(C)c12. The van der Waals surface area contributed by atoms with E-state index >= 15 is 0 Å². The number of aryl methyl sites for hydroxylation is 1. The third kappa shape index (κ3) is 1.41. The van der Waals surface area contributed by atoms with Gasteiger partial charge in [-0.25, -0.2) is 4.79 Å². The molecule has 0 aliphatic rings. The van der Waals surface area contributed by atoms with Gasteiger partial charge in [-0.05, 0) is 12.1 Å². The molecule has 1 aromatic carbocycles. The predicted molar refractivity (Wildman–Crippen MR) is 71.8 cm³/mol. The first-order valence-electron chi connectivity index (χ1n) is 5.40. The zero-order chi connectivity index (χ0) is 12.9. The molecule has 92 valence electrons. The van der Waals surface area contributed by atoms with Gasteiger partial charge in [0.05, 0.1) is 12.6 Å². The van der Waals surface area contributed by atoms with Crippen LogP contribution in [0, 0.1) is 0 Å². The van der Waals surface area contributed by atoms with Crippen LogP contribution < -0.4 is 4.74 Å². The first-order valence-corrected chi connectivity index (χ1v) is 6.22. The molecule has 0 aliphatic heterocycles. The Kier molecular flexibility index (Phi) is 2.31. The minimum absolute atomic E-state index is 0.350. The molecule has 5 heteroatoms. The molecule has 4 nitrogen and oxygen atoms in total. The molecule has 2 heterocycles. The standard InChI is InChI=1S/C13H11NO3S/c1-14-4-3-7-8-5-11(13(15)16)18-10(8)6-9(17-2)12(7)14/h3-6H,1-2H3,(H,15,16). The van der Waals surface area contributed by atoms with E-state index in [0.717, 1.165) is 26.7 Å². The molecule has 0 saturated heterocycles. The van der Waals surface area contributed by atoms with E-state index < -0.39 is 5.97 Å². The van der Waals surface area contributed by atoms with Crippen molar-refractivity contribution >= 4 is 38.3 Å². The Morgan fingerprint density at radius 2 is 2.17 bits per heavy atom. The van der Waals surface area contributed by atoms with Crippen LogP contribution in [0.15, 0.2) is 24.4 Å². The molecule has 3 aromatic rings. The van der Waals surface area contributed by atoms with Gasteiger partial charge in [0.25, 0.3) is 0 Å². The molecular formula is C13H11NO3S. The summed E-state index contributed by atoms with van der Waals surface area (Å²) in [6.07, 6.45) is 1.95. The van der Waals surface area contributed by atoms with Crippen LogP contribution >= 0.6 is 11.3 Å². The van der Waals surface area contributed by atoms with Crippen molar-refractivity contribution in [2.45, 2.75) is 0 Å². The molecule has 0 fully saturated rings. The number of benzene rings is 1. The Morgan fingerprint density at radius 1 is 1.39 bits per heavy atom. The van der Waals surface area contributed by atoms with Crippen molar-refractivity contribution in [1.82, 2.24) is 4.57 Å². The van der Waals surface area contributed by atoms with Gasteiger partial charge in [-0.1, -0.05) is 0 Å². The maximum absolute atomic E-state index is 11.0. The fraction of sp³-hybridized carbons (Fsp3) is 0.154. The summed E-state index contributed by atoms with van der Waals surface area (Å²) in [7, 11) is 3.57. The lowest BCUT2D eigenvalue weighted by Gasteiger charge is -2.05. The lowest BCUT2D eigenvalue weighted by Crippen LogP contribution is -1.90. The number of methoxy groups -OCH3 is 1. The zero-order valence-electron chi connectivity index (χ0n) is 9.93. The number of ether oxygens (including phenoxy) is 1. The van der Waals surface area contributed by atoms with E-state index in [1.165, 1.54) is 11.3 Å². The van der Waals surface area contributed by atoms with Crippen molar-refractivity contribution in [3.05, 3.63) is 29.3 Å². The summed E-state index contributed by atoms with van der Waals surface area (Å²) < 4.78 is 8.29. The number of hydrogen-bond acceptors (Lipinski definition) is 3. The molecule has 3 rings (SSSR count). The number of fused-ring (bicyclic) bond motifs is 3. The van der Waals surface area contributed by atoms with Crippen LogP contribution in [0.3, 0.4) is 0 Å². The van der Waals surface area contributed by atoms with E-state index in [0.29, 0.717) is 4.88 Å². The maximum Gasteiger partial charge on any atom is 0.345 e. The topological polar surface area (TPSA) is 51.5 Å². The van der Waals surface area contributed by atoms with E-state index in [2.05, 4.69) is 0 Å². The number of hydrogen-bond donors (Lipinski definition) is 1. The van der Waals surface area contributed by atoms with Crippen molar-refractivity contribution in [3.8, 4) is 5.75 Å². The fourth-order valence-electron chi connectivity index (χ4n) is 2.22. The minimum Gasteiger partial charge on any atom is -0.494 e. The quantitative estimate of drug-likeness (QED) is 0.771. The summed E-state index contributed by atoms with van der Waals surface area (Å²) in [5, 5.41) is 11.1. The van der Waals surface area contributed by atoms with Crippen molar-refractivity contribution in [2.75, 3.05) is 7.11 Å². The van der Waals surface area contributed by atoms with E-state index in [1.807, 2.05) is 29.9 Å². The number of carbonyl (C=O) groups is 1. The molecular weight excluding hydrogens is 250 g/mol. The van der Waals surface area contributed by atoms with E-state index in [4.69, 9.17) is 9.84 Å². The molecule has 0 aliphatic carbocycles. The lowest BCUT2D eigenvalue weighted by molar-refractivity contribution is 0.0702. The van der Waals surface area contributed by atoms with Crippen LogP contribution in [-0.2, 0) is 7.05 Å². The third-order valence-electron chi connectivity index (χ3n) is 3.05. The molecule has 0 bridgehead atoms. The summed E-state index contributed by atoms with van der Waals surface area (Å²) in [4.78, 5) is 11.4. The highest BCUT2D eigenvalue weighted by Crippen LogP contribution is 2.38. The number of aromatic nitrogens is 1. The van der Waals surface area contributed by atoms with Crippen LogP contribution in [0.4, 0.5) is 0 Å². The van der Waals surface area contributed by atoms with Gasteiger partial charge in [0, 0.05) is 34.8 Å². The van der Waals surface area contributed by atoms with E-state index in [-0.39, 0.29) is 0 Å². The molecule has 0 amide bonds. The number of thiophene rings is 1. The first-order chi connectivity index (χ1) is 8.61. The van der Waals surface area contributed by atoms with Gasteiger partial charge in [-0.15, -0.1) is 11.3 Å². The van der Waals surface area contributed by atoms with Crippen LogP contribution in [0.25, 0.3) is 21.0 Å². The van der Waals surface area contributed by atoms with E-state index in [1.54, 1.807) is 13.2 Å². The molecule has 0 spiro atoms. The van der Waals surface area contributed by atoms with Crippen molar-refractivity contribution < 1.29 is 14.6 Å². The van der Waals surface area contributed by atoms with Crippen molar-refractivity contribution in [2.24, 2.45) is 7.05 Å². The summed E-state index contributed by atoms with van der Waals surface area (Å²) in [5.41, 5.74) is 0.986. The van der Waals surface area contributed by atoms with Crippen molar-refractivity contribution in [3.63, 3.8) is 0 Å². The van der Waals surface area contributed by atoms with E-state index in [9.17, 15) is 4.79 Å². The highest BCUT2D eigenvalue weighted by Gasteiger charge is 2.15. The molecule has 0 saturated carbocycles. The first kappa shape index (κ1) is 11.1. The fourth-order valence-corrected chi connectivity index (χ4v) is 3.17. The number of aromatic carboxylic acids is 1. The zero-order valence-corrected chi connectivity index (χ0v) is 10.7. The second-order valence-electron chi connectivity index (χ2n) is 4.10. The minimum atomic E-state index is -0.890. The number of rotatable bonds is 2. The van der Waals surface area contributed by atoms with Crippen LogP contribution in [0.5, 0.6) is 5.75 Å². The van der Waals surface area contributed by atoms with Crippen LogP contribution in [-0.4, -0.2) is 22.8 Å². The van der Waals surface area contributed by atoms with Gasteiger partial charge in [0.1, 0.15) is 10.6 Å². The van der Waals surface area contributed by atoms with Crippen LogP contribution in [0.2, 0.25) is 0 Å². The highest BCUT2D eigenvalue weighted by molar-refractivity contribution is 7.20. The van der Waals surface area contributed by atoms with Gasteiger partial charge in [0.15, 0.2) is 0 Å². The molecule has 18 heavy (non-hydrogen) atoms. The normalized spacial score (nSPS) is 11.2. The Balaban J connectivity index is 2.48. The molecule has 0 unspecified atom stereocenters. The predicted octanol–water partition coefficient (Wildman–Crippen LogP) is 3.10. The Morgan fingerprint density at radius 3 is 2.83 bits per heavy atom. The summed E-state index contributed by atoms with van der Waals surface area (Å²) in [5.74, 6) is -0.122. The second-order valence-corrected chi connectivity index (χ2v) is 5.18. The summed E-state index contributed by atoms with van der Waals surface area (Å²) in [6, 6.07) is 5.61. The summed E-state index contributed by atoms with van der Waals surface area (Å²) >= 11 is 1.27. The molecule has 1 N–H and O–H groups in total. The highest BCUT2D eigenvalue weighted by atomic mass is 32.1. The average molecular weight is 261 g/mol. The smallest absolute Gasteiger partial charge is 0.345 e. The number of nitrogens with zero attached hydrogens (tertiary/aromatic N) is 1. The Labute approximate surface area is 107 Å². The Hall–Kier alpha value is -2.01. The number of carboxylic acids is 1. The molecule has 0 atom stereocenters. The number of carboxylic acid groups (broad SMARTS) is 1. The van der Waals surface area contributed by atoms with Gasteiger partial charge in [-0.2, -0.15) is 0 Å². The second kappa shape index (κ2) is 3.74. The summed E-state index contributed by atoms with van der Waals surface area (Å²) in [6.45, 7) is 0. The Bertz CT molecular complexity index is 769. The third-order valence-corrected chi connectivity index (χ3v) is 4.12. The average Bonchev–Trinajstić information content (AvgIpc) is 2.92. The van der Waals surface area contributed by atoms with Gasteiger partial charge in [0.2, 0.25) is 0 Å². The monoisotopic (exact) mass is 261 g/mol.